The molecule has 3 fully saturated rings. The second kappa shape index (κ2) is 8.28. The van der Waals surface area contributed by atoms with E-state index in [0.717, 1.165) is 44.9 Å². The highest BCUT2D eigenvalue weighted by atomic mass is 16.7. The molecule has 5 heteroatoms. The highest BCUT2D eigenvalue weighted by molar-refractivity contribution is 4.95. The molecule has 4 unspecified atom stereocenters. The number of allylic oxidation sites excluding steroid dienone is 1. The Morgan fingerprint density at radius 2 is 1.83 bits per heavy atom. The molecule has 3 saturated heterocycles. The van der Waals surface area contributed by atoms with Gasteiger partial charge in [-0.1, -0.05) is 12.2 Å². The highest BCUT2D eigenvalue weighted by Gasteiger charge is 2.36. The van der Waals surface area contributed by atoms with Crippen molar-refractivity contribution >= 4 is 0 Å². The van der Waals surface area contributed by atoms with Gasteiger partial charge in [-0.05, 0) is 58.8 Å². The van der Waals surface area contributed by atoms with E-state index in [1.54, 1.807) is 0 Å². The number of rotatable bonds is 7. The van der Waals surface area contributed by atoms with E-state index in [1.807, 2.05) is 13.8 Å². The van der Waals surface area contributed by atoms with Crippen LogP contribution in [0.5, 0.6) is 0 Å². The fourth-order valence-electron chi connectivity index (χ4n) is 3.86. The van der Waals surface area contributed by atoms with E-state index in [9.17, 15) is 0 Å². The van der Waals surface area contributed by atoms with E-state index >= 15 is 0 Å². The molecule has 3 rings (SSSR count). The lowest BCUT2D eigenvalue weighted by atomic mass is 10.1. The van der Waals surface area contributed by atoms with Gasteiger partial charge < -0.3 is 24.1 Å². The zero-order valence-electron chi connectivity index (χ0n) is 15.0. The van der Waals surface area contributed by atoms with Crippen LogP contribution >= 0.6 is 0 Å². The van der Waals surface area contributed by atoms with Crippen molar-refractivity contribution in [1.82, 2.24) is 0 Å². The molecule has 0 aliphatic carbocycles. The minimum Gasteiger partial charge on any atom is -0.394 e. The zero-order valence-corrected chi connectivity index (χ0v) is 15.0. The topological polar surface area (TPSA) is 57.2 Å². The summed E-state index contributed by atoms with van der Waals surface area (Å²) in [6.07, 6.45) is 12.6. The average molecular weight is 340 g/mol. The van der Waals surface area contributed by atoms with Crippen LogP contribution in [0.3, 0.4) is 0 Å². The van der Waals surface area contributed by atoms with Crippen molar-refractivity contribution in [2.24, 2.45) is 0 Å². The Hall–Kier alpha value is -0.460. The molecule has 3 heterocycles. The normalized spacial score (nSPS) is 39.2. The molecule has 0 aromatic rings. The van der Waals surface area contributed by atoms with Gasteiger partial charge in [-0.2, -0.15) is 0 Å². The smallest absolute Gasteiger partial charge is 0.163 e. The minimum atomic E-state index is -0.412. The molecule has 5 nitrogen and oxygen atoms in total. The predicted molar refractivity (Wildman–Crippen MR) is 90.8 cm³/mol. The summed E-state index contributed by atoms with van der Waals surface area (Å²) in [5.74, 6) is -0.412. The van der Waals surface area contributed by atoms with Gasteiger partial charge in [0.05, 0.1) is 43.7 Å². The van der Waals surface area contributed by atoms with Crippen LogP contribution in [0, 0.1) is 0 Å². The van der Waals surface area contributed by atoms with Gasteiger partial charge in [0.25, 0.3) is 0 Å². The average Bonchev–Trinajstić information content (AvgIpc) is 3.26. The lowest BCUT2D eigenvalue weighted by Gasteiger charge is -2.19. The quantitative estimate of drug-likeness (QED) is 0.570. The number of ether oxygens (including phenoxy) is 4. The third-order valence-corrected chi connectivity index (χ3v) is 5.16. The summed E-state index contributed by atoms with van der Waals surface area (Å²) in [6, 6.07) is 0. The van der Waals surface area contributed by atoms with Crippen LogP contribution in [0.4, 0.5) is 0 Å². The first kappa shape index (κ1) is 18.3. The van der Waals surface area contributed by atoms with Crippen LogP contribution in [0.1, 0.15) is 58.8 Å². The summed E-state index contributed by atoms with van der Waals surface area (Å²) in [7, 11) is 0. The Bertz CT molecular complexity index is 422. The molecule has 3 aliphatic rings. The van der Waals surface area contributed by atoms with Crippen LogP contribution < -0.4 is 0 Å². The van der Waals surface area contributed by atoms with Crippen LogP contribution in [0.2, 0.25) is 0 Å². The van der Waals surface area contributed by atoms with E-state index in [2.05, 4.69) is 12.2 Å². The minimum absolute atomic E-state index is 0.0138. The van der Waals surface area contributed by atoms with Crippen molar-refractivity contribution in [2.75, 3.05) is 13.2 Å². The molecular formula is C19H32O5. The van der Waals surface area contributed by atoms with Crippen molar-refractivity contribution in [1.29, 1.82) is 0 Å². The van der Waals surface area contributed by atoms with Crippen molar-refractivity contribution < 1.29 is 24.1 Å². The molecule has 3 aliphatic heterocycles. The summed E-state index contributed by atoms with van der Waals surface area (Å²) in [5.41, 5.74) is 0. The second-order valence-corrected chi connectivity index (χ2v) is 7.66. The molecule has 0 saturated carbocycles. The van der Waals surface area contributed by atoms with Gasteiger partial charge in [-0.3, -0.25) is 0 Å². The first-order chi connectivity index (χ1) is 11.6. The molecule has 5 atom stereocenters. The molecule has 24 heavy (non-hydrogen) atoms. The third-order valence-electron chi connectivity index (χ3n) is 5.16. The molecule has 0 aromatic carbocycles. The zero-order chi connectivity index (χ0) is 17.0. The largest absolute Gasteiger partial charge is 0.394 e. The van der Waals surface area contributed by atoms with E-state index in [0.29, 0.717) is 6.61 Å². The van der Waals surface area contributed by atoms with Gasteiger partial charge in [-0.15, -0.1) is 0 Å². The van der Waals surface area contributed by atoms with Crippen LogP contribution in [0.25, 0.3) is 0 Å². The predicted octanol–water partition coefficient (Wildman–Crippen LogP) is 2.95. The fraction of sp³-hybridized carbons (Fsp3) is 0.895. The van der Waals surface area contributed by atoms with Gasteiger partial charge in [0.1, 0.15) is 0 Å². The van der Waals surface area contributed by atoms with Crippen LogP contribution in [-0.4, -0.2) is 54.6 Å². The molecule has 1 N–H and O–H groups in total. The Labute approximate surface area is 145 Å². The molecule has 0 spiro atoms. The SMILES string of the molecule is CC1(C)OC[C@@H](CCC/C=C/C2CCC(C3CCC(CO)O3)O2)O1. The van der Waals surface area contributed by atoms with Crippen molar-refractivity contribution in [3.63, 3.8) is 0 Å². The maximum atomic E-state index is 9.16. The van der Waals surface area contributed by atoms with E-state index < -0.39 is 5.79 Å². The monoisotopic (exact) mass is 340 g/mol. The fourth-order valence-corrected chi connectivity index (χ4v) is 3.86. The Morgan fingerprint density at radius 1 is 1.04 bits per heavy atom. The van der Waals surface area contributed by atoms with Crippen molar-refractivity contribution in [2.45, 2.75) is 95.1 Å². The summed E-state index contributed by atoms with van der Waals surface area (Å²) >= 11 is 0. The van der Waals surface area contributed by atoms with Crippen molar-refractivity contribution in [3.8, 4) is 0 Å². The standard InChI is InChI=1S/C19H32O5/c1-19(2)21-13-16(24-19)7-5-3-4-6-14-8-10-17(22-14)18-11-9-15(12-20)23-18/h4,6,14-18,20H,3,5,7-13H2,1-2H3/b6-4+/t14?,15?,16-,17?,18?/m1/s1. The van der Waals surface area contributed by atoms with Crippen LogP contribution in [-0.2, 0) is 18.9 Å². The molecule has 138 valence electrons. The van der Waals surface area contributed by atoms with E-state index in [4.69, 9.17) is 24.1 Å². The Kier molecular flexibility index (Phi) is 6.33. The first-order valence-corrected chi connectivity index (χ1v) is 9.46. The third kappa shape index (κ3) is 5.02. The number of aliphatic hydroxyl groups excluding tert-OH is 1. The maximum absolute atomic E-state index is 9.16. The van der Waals surface area contributed by atoms with Crippen molar-refractivity contribution in [3.05, 3.63) is 12.2 Å². The lowest BCUT2D eigenvalue weighted by Crippen LogP contribution is -2.27. The van der Waals surface area contributed by atoms with E-state index in [1.165, 1.54) is 0 Å². The summed E-state index contributed by atoms with van der Waals surface area (Å²) in [6.45, 7) is 4.77. The molecule has 0 bridgehead atoms. The molecular weight excluding hydrogens is 308 g/mol. The number of hydrogen-bond donors (Lipinski definition) is 1. The number of hydrogen-bond acceptors (Lipinski definition) is 5. The first-order valence-electron chi connectivity index (χ1n) is 9.46. The van der Waals surface area contributed by atoms with Gasteiger partial charge in [0, 0.05) is 0 Å². The lowest BCUT2D eigenvalue weighted by molar-refractivity contribution is -0.139. The molecule has 0 amide bonds. The van der Waals surface area contributed by atoms with Crippen LogP contribution in [0.15, 0.2) is 12.2 Å². The summed E-state index contributed by atoms with van der Waals surface area (Å²) < 4.78 is 23.3. The summed E-state index contributed by atoms with van der Waals surface area (Å²) in [5, 5.41) is 9.16. The Morgan fingerprint density at radius 3 is 2.54 bits per heavy atom. The summed E-state index contributed by atoms with van der Waals surface area (Å²) in [4.78, 5) is 0. The number of aliphatic hydroxyl groups is 1. The second-order valence-electron chi connectivity index (χ2n) is 7.66. The molecule has 0 radical (unpaired) electrons. The van der Waals surface area contributed by atoms with Gasteiger partial charge in [0.2, 0.25) is 0 Å². The maximum Gasteiger partial charge on any atom is 0.163 e. The molecule has 0 aromatic heterocycles. The highest BCUT2D eigenvalue weighted by Crippen LogP contribution is 2.31. The number of unbranched alkanes of at least 4 members (excludes halogenated alkanes) is 1. The van der Waals surface area contributed by atoms with Gasteiger partial charge in [-0.25, -0.2) is 0 Å². The Balaban J connectivity index is 1.29. The van der Waals surface area contributed by atoms with Gasteiger partial charge in [0.15, 0.2) is 5.79 Å². The van der Waals surface area contributed by atoms with E-state index in [-0.39, 0.29) is 37.1 Å². The van der Waals surface area contributed by atoms with Gasteiger partial charge >= 0.3 is 0 Å².